The van der Waals surface area contributed by atoms with Crippen molar-refractivity contribution < 1.29 is 38.5 Å². The molecule has 9 heteroatoms. The maximum Gasteiger partial charge on any atom is 0.326 e. The molecule has 4 rings (SSSR count). The highest BCUT2D eigenvalue weighted by Gasteiger charge is 2.46. The largest absolute Gasteiger partial charge is 0.486 e. The number of fused-ring (bicyclic) bond motifs is 2. The van der Waals surface area contributed by atoms with E-state index in [1.807, 2.05) is 20.8 Å². The van der Waals surface area contributed by atoms with Crippen LogP contribution in [0.1, 0.15) is 93.6 Å². The lowest BCUT2D eigenvalue weighted by atomic mass is 9.75. The van der Waals surface area contributed by atoms with Crippen LogP contribution in [0.3, 0.4) is 0 Å². The van der Waals surface area contributed by atoms with Crippen molar-refractivity contribution in [3.63, 3.8) is 0 Å². The van der Waals surface area contributed by atoms with Crippen LogP contribution < -0.4 is 4.74 Å². The van der Waals surface area contributed by atoms with Crippen LogP contribution in [-0.4, -0.2) is 50.4 Å². The molecule has 198 valence electrons. The first-order valence-corrected chi connectivity index (χ1v) is 12.6. The molecule has 0 radical (unpaired) electrons. The molecule has 0 saturated heterocycles. The lowest BCUT2D eigenvalue weighted by molar-refractivity contribution is -0.143. The predicted octanol–water partition coefficient (Wildman–Crippen LogP) is 5.06. The van der Waals surface area contributed by atoms with Crippen LogP contribution in [0.5, 0.6) is 5.75 Å². The number of rotatable bonds is 11. The van der Waals surface area contributed by atoms with Gasteiger partial charge in [0.2, 0.25) is 0 Å². The fourth-order valence-corrected chi connectivity index (χ4v) is 5.60. The molecule has 9 nitrogen and oxygen atoms in total. The van der Waals surface area contributed by atoms with E-state index in [1.165, 1.54) is 10.5 Å². The second-order valence-electron chi connectivity index (χ2n) is 10.5. The van der Waals surface area contributed by atoms with Gasteiger partial charge in [0, 0.05) is 29.9 Å². The summed E-state index contributed by atoms with van der Waals surface area (Å²) in [6, 6.07) is 0.391. The van der Waals surface area contributed by atoms with E-state index in [0.29, 0.717) is 41.7 Å². The van der Waals surface area contributed by atoms with E-state index in [2.05, 4.69) is 6.08 Å². The summed E-state index contributed by atoms with van der Waals surface area (Å²) in [6.45, 7) is 7.66. The summed E-state index contributed by atoms with van der Waals surface area (Å²) >= 11 is 0. The Morgan fingerprint density at radius 1 is 1.22 bits per heavy atom. The van der Waals surface area contributed by atoms with E-state index < -0.39 is 29.5 Å². The van der Waals surface area contributed by atoms with E-state index in [-0.39, 0.29) is 31.1 Å². The van der Waals surface area contributed by atoms with Crippen LogP contribution in [0.4, 0.5) is 0 Å². The number of ketones is 1. The Morgan fingerprint density at radius 2 is 1.95 bits per heavy atom. The number of carboxylic acid groups (broad SMARTS) is 2. The van der Waals surface area contributed by atoms with Crippen molar-refractivity contribution >= 4 is 34.6 Å². The van der Waals surface area contributed by atoms with E-state index in [1.54, 1.807) is 19.3 Å². The maximum absolute atomic E-state index is 13.3. The van der Waals surface area contributed by atoms with Crippen molar-refractivity contribution in [2.45, 2.75) is 90.3 Å². The number of nitrogens with zero attached hydrogens (tertiary/aromatic N) is 1. The smallest absolute Gasteiger partial charge is 0.326 e. The first-order valence-electron chi connectivity index (χ1n) is 12.6. The number of Topliss-reactive ketones (excluding diaryl/α,β-unsaturated/α-hetero) is 1. The molecule has 0 spiro atoms. The molecule has 3 heterocycles. The molecule has 2 aliphatic heterocycles. The molecule has 0 bridgehead atoms. The fourth-order valence-electron chi connectivity index (χ4n) is 5.60. The van der Waals surface area contributed by atoms with E-state index in [9.17, 15) is 24.3 Å². The van der Waals surface area contributed by atoms with Crippen LogP contribution in [0.15, 0.2) is 28.4 Å². The number of hydrogen-bond acceptors (Lipinski definition) is 6. The lowest BCUT2D eigenvalue weighted by Gasteiger charge is -2.41. The zero-order valence-corrected chi connectivity index (χ0v) is 21.6. The number of aliphatic carboxylic acids is 2. The van der Waals surface area contributed by atoms with Crippen LogP contribution in [0.25, 0.3) is 11.0 Å². The summed E-state index contributed by atoms with van der Waals surface area (Å²) in [5.74, 6) is -2.38. The minimum atomic E-state index is -1.27. The minimum absolute atomic E-state index is 0.00440. The van der Waals surface area contributed by atoms with Gasteiger partial charge >= 0.3 is 11.9 Å². The Morgan fingerprint density at radius 3 is 2.57 bits per heavy atom. The molecule has 2 N–H and O–H groups in total. The molecular weight excluding hydrogens is 478 g/mol. The van der Waals surface area contributed by atoms with Gasteiger partial charge in [0.25, 0.3) is 5.91 Å². The Labute approximate surface area is 215 Å². The first-order chi connectivity index (χ1) is 17.4. The molecule has 1 amide bonds. The number of carbonyl (C=O) groups is 4. The van der Waals surface area contributed by atoms with Crippen molar-refractivity contribution in [2.24, 2.45) is 0 Å². The molecule has 3 atom stereocenters. The molecule has 2 aromatic rings. The van der Waals surface area contributed by atoms with Crippen LogP contribution in [0, 0.1) is 0 Å². The van der Waals surface area contributed by atoms with Gasteiger partial charge in [0.05, 0.1) is 23.8 Å². The summed E-state index contributed by atoms with van der Waals surface area (Å²) in [5, 5.41) is 19.5. The lowest BCUT2D eigenvalue weighted by Crippen LogP contribution is -2.42. The highest BCUT2D eigenvalue weighted by Crippen LogP contribution is 2.52. The number of hydrogen-bond donors (Lipinski definition) is 2. The highest BCUT2D eigenvalue weighted by molar-refractivity contribution is 6.07. The van der Waals surface area contributed by atoms with E-state index >= 15 is 0 Å². The zero-order chi connectivity index (χ0) is 27.1. The third-order valence-electron chi connectivity index (χ3n) is 7.49. The van der Waals surface area contributed by atoms with E-state index in [0.717, 1.165) is 17.4 Å². The Balaban J connectivity index is 1.75. The SMILES string of the molecule is CC(=O)CC[C@@H]1c2coc3c4c(cc(c23)O[C@@]1(C)CCC=C(C)C)C(=O)N([C@H](CCC(=O)O)C(=O)O)C4. The number of furan rings is 1. The van der Waals surface area contributed by atoms with Gasteiger partial charge in [-0.1, -0.05) is 11.6 Å². The predicted molar refractivity (Wildman–Crippen MR) is 135 cm³/mol. The van der Waals surface area contributed by atoms with Gasteiger partial charge in [-0.3, -0.25) is 9.59 Å². The summed E-state index contributed by atoms with van der Waals surface area (Å²) in [7, 11) is 0. The summed E-state index contributed by atoms with van der Waals surface area (Å²) in [5.41, 5.74) is 2.82. The third-order valence-corrected chi connectivity index (χ3v) is 7.49. The number of allylic oxidation sites excluding steroid dienone is 2. The van der Waals surface area contributed by atoms with Gasteiger partial charge in [-0.25, -0.2) is 4.79 Å². The highest BCUT2D eigenvalue weighted by atomic mass is 16.5. The van der Waals surface area contributed by atoms with Gasteiger partial charge < -0.3 is 29.1 Å². The second-order valence-corrected chi connectivity index (χ2v) is 10.5. The molecule has 37 heavy (non-hydrogen) atoms. The van der Waals surface area contributed by atoms with Gasteiger partial charge in [-0.2, -0.15) is 0 Å². The normalized spacial score (nSPS) is 20.9. The molecule has 1 aromatic heterocycles. The number of carbonyl (C=O) groups excluding carboxylic acids is 2. The Bertz CT molecular complexity index is 1300. The van der Waals surface area contributed by atoms with Crippen molar-refractivity contribution in [3.05, 3.63) is 40.7 Å². The number of benzene rings is 1. The Hall–Kier alpha value is -3.62. The standard InChI is InChI=1S/C28H33NO8/c1-15(2)6-5-11-28(4)20(8-7-16(3)30)19-14-36-25-18-13-29(21(27(34)35)9-10-23(31)32)26(33)17(18)12-22(37-28)24(19)25/h6,12,14,20-21H,5,7-11,13H2,1-4H3,(H,31,32)(H,34,35)/t20-,21-,28+/m1/s1. The van der Waals surface area contributed by atoms with E-state index in [4.69, 9.17) is 14.3 Å². The minimum Gasteiger partial charge on any atom is -0.486 e. The molecule has 2 aliphatic rings. The fraction of sp³-hybridized carbons (Fsp3) is 0.500. The summed E-state index contributed by atoms with van der Waals surface area (Å²) < 4.78 is 12.6. The van der Waals surface area contributed by atoms with Crippen molar-refractivity contribution in [2.75, 3.05) is 0 Å². The summed E-state index contributed by atoms with van der Waals surface area (Å²) in [6.07, 6.45) is 5.72. The zero-order valence-electron chi connectivity index (χ0n) is 21.6. The van der Waals surface area contributed by atoms with Crippen molar-refractivity contribution in [1.82, 2.24) is 4.90 Å². The van der Waals surface area contributed by atoms with Gasteiger partial charge in [-0.05, 0) is 59.4 Å². The average molecular weight is 512 g/mol. The molecular formula is C28H33NO8. The quantitative estimate of drug-likeness (QED) is 0.400. The molecule has 0 aliphatic carbocycles. The topological polar surface area (TPSA) is 134 Å². The van der Waals surface area contributed by atoms with Gasteiger partial charge in [0.15, 0.2) is 0 Å². The average Bonchev–Trinajstić information content (AvgIpc) is 3.36. The van der Waals surface area contributed by atoms with Gasteiger partial charge in [0.1, 0.15) is 28.8 Å². The van der Waals surface area contributed by atoms with Crippen molar-refractivity contribution in [3.8, 4) is 5.75 Å². The summed E-state index contributed by atoms with van der Waals surface area (Å²) in [4.78, 5) is 49.4. The second kappa shape index (κ2) is 10.0. The molecule has 0 saturated carbocycles. The molecule has 1 aromatic carbocycles. The first kappa shape index (κ1) is 26.4. The molecule has 0 unspecified atom stereocenters. The number of ether oxygens (including phenoxy) is 1. The Kier molecular flexibility index (Phi) is 7.17. The maximum atomic E-state index is 13.3. The van der Waals surface area contributed by atoms with Crippen LogP contribution in [-0.2, 0) is 20.9 Å². The number of carboxylic acids is 2. The monoisotopic (exact) mass is 511 g/mol. The van der Waals surface area contributed by atoms with Gasteiger partial charge in [-0.15, -0.1) is 0 Å². The third kappa shape index (κ3) is 4.99. The molecule has 0 fully saturated rings. The van der Waals surface area contributed by atoms with Crippen molar-refractivity contribution in [1.29, 1.82) is 0 Å². The van der Waals surface area contributed by atoms with Crippen LogP contribution >= 0.6 is 0 Å². The van der Waals surface area contributed by atoms with Crippen LogP contribution in [0.2, 0.25) is 0 Å². The number of amides is 1.